The Kier molecular flexibility index (Phi) is 3.17. The van der Waals surface area contributed by atoms with E-state index in [4.69, 9.17) is 0 Å². The third kappa shape index (κ3) is 1.89. The fourth-order valence-corrected chi connectivity index (χ4v) is 1.35. The average molecular weight is 192 g/mol. The molecule has 2 atom stereocenters. The zero-order valence-corrected chi connectivity index (χ0v) is 7.73. The van der Waals surface area contributed by atoms with Gasteiger partial charge in [0.1, 0.15) is 0 Å². The SMILES string of the molecule is C.CC1C=CC(c2nn[nH]n2)=CC1C. The minimum absolute atomic E-state index is 0. The second kappa shape index (κ2) is 4.17. The van der Waals surface area contributed by atoms with Crippen LogP contribution in [0.4, 0.5) is 0 Å². The summed E-state index contributed by atoms with van der Waals surface area (Å²) in [4.78, 5) is 0. The molecule has 0 radical (unpaired) electrons. The molecule has 4 heteroatoms. The molecule has 0 spiro atoms. The number of tetrazole rings is 1. The van der Waals surface area contributed by atoms with Crippen LogP contribution in [0.25, 0.3) is 5.57 Å². The number of hydrogen-bond donors (Lipinski definition) is 1. The molecule has 4 nitrogen and oxygen atoms in total. The Labute approximate surface area is 84.1 Å². The topological polar surface area (TPSA) is 54.5 Å². The molecule has 1 aromatic rings. The van der Waals surface area contributed by atoms with Crippen LogP contribution >= 0.6 is 0 Å². The number of nitrogens with one attached hydrogen (secondary N) is 1. The third-order valence-electron chi connectivity index (χ3n) is 2.45. The molecular formula is C10H16N4. The number of aromatic nitrogens is 4. The lowest BCUT2D eigenvalue weighted by atomic mass is 9.88. The van der Waals surface area contributed by atoms with Gasteiger partial charge in [-0.1, -0.05) is 39.5 Å². The van der Waals surface area contributed by atoms with Gasteiger partial charge in [0.25, 0.3) is 0 Å². The number of rotatable bonds is 1. The van der Waals surface area contributed by atoms with Crippen molar-refractivity contribution in [3.8, 4) is 0 Å². The number of allylic oxidation sites excluding steroid dienone is 4. The molecule has 0 bridgehead atoms. The molecule has 1 aromatic heterocycles. The van der Waals surface area contributed by atoms with Gasteiger partial charge in [-0.15, -0.1) is 10.2 Å². The van der Waals surface area contributed by atoms with E-state index < -0.39 is 0 Å². The number of hydrogen-bond acceptors (Lipinski definition) is 3. The molecule has 0 saturated carbocycles. The third-order valence-corrected chi connectivity index (χ3v) is 2.45. The first-order valence-electron chi connectivity index (χ1n) is 4.41. The van der Waals surface area contributed by atoms with Crippen LogP contribution in [0.3, 0.4) is 0 Å². The Morgan fingerprint density at radius 1 is 1.29 bits per heavy atom. The van der Waals surface area contributed by atoms with E-state index >= 15 is 0 Å². The van der Waals surface area contributed by atoms with Gasteiger partial charge in [0.05, 0.1) is 0 Å². The monoisotopic (exact) mass is 192 g/mol. The molecule has 0 aliphatic heterocycles. The van der Waals surface area contributed by atoms with Crippen molar-refractivity contribution in [2.24, 2.45) is 11.8 Å². The summed E-state index contributed by atoms with van der Waals surface area (Å²) < 4.78 is 0. The van der Waals surface area contributed by atoms with Crippen LogP contribution in [-0.2, 0) is 0 Å². The Morgan fingerprint density at radius 3 is 2.64 bits per heavy atom. The van der Waals surface area contributed by atoms with Crippen molar-refractivity contribution >= 4 is 5.57 Å². The number of H-pyrrole nitrogens is 1. The summed E-state index contributed by atoms with van der Waals surface area (Å²) in [5, 5.41) is 13.8. The lowest BCUT2D eigenvalue weighted by molar-refractivity contribution is 0.554. The van der Waals surface area contributed by atoms with Gasteiger partial charge in [-0.25, -0.2) is 0 Å². The van der Waals surface area contributed by atoms with Crippen molar-refractivity contribution in [2.45, 2.75) is 21.3 Å². The molecule has 0 aromatic carbocycles. The maximum atomic E-state index is 3.93. The highest BCUT2D eigenvalue weighted by atomic mass is 15.5. The van der Waals surface area contributed by atoms with Crippen molar-refractivity contribution in [3.63, 3.8) is 0 Å². The van der Waals surface area contributed by atoms with Gasteiger partial charge in [-0.2, -0.15) is 5.21 Å². The summed E-state index contributed by atoms with van der Waals surface area (Å²) in [5.74, 6) is 1.81. The van der Waals surface area contributed by atoms with Gasteiger partial charge >= 0.3 is 0 Å². The van der Waals surface area contributed by atoms with Crippen LogP contribution in [0, 0.1) is 11.8 Å². The van der Waals surface area contributed by atoms with Crippen LogP contribution in [0.1, 0.15) is 27.1 Å². The fraction of sp³-hybridized carbons (Fsp3) is 0.500. The Bertz CT molecular complexity index is 337. The largest absolute Gasteiger partial charge is 0.204 e. The summed E-state index contributed by atoms with van der Waals surface area (Å²) in [5.41, 5.74) is 1.05. The minimum atomic E-state index is 0. The molecule has 2 rings (SSSR count). The molecule has 1 heterocycles. The lowest BCUT2D eigenvalue weighted by Crippen LogP contribution is -2.06. The molecule has 14 heavy (non-hydrogen) atoms. The lowest BCUT2D eigenvalue weighted by Gasteiger charge is -2.17. The van der Waals surface area contributed by atoms with Gasteiger partial charge in [-0.3, -0.25) is 0 Å². The average Bonchev–Trinajstić information content (AvgIpc) is 2.62. The highest BCUT2D eigenvalue weighted by Crippen LogP contribution is 2.25. The van der Waals surface area contributed by atoms with Crippen LogP contribution in [0.5, 0.6) is 0 Å². The molecule has 76 valence electrons. The van der Waals surface area contributed by atoms with Crippen molar-refractivity contribution in [2.75, 3.05) is 0 Å². The molecule has 0 fully saturated rings. The van der Waals surface area contributed by atoms with Crippen molar-refractivity contribution in [3.05, 3.63) is 24.1 Å². The van der Waals surface area contributed by atoms with Gasteiger partial charge < -0.3 is 0 Å². The van der Waals surface area contributed by atoms with E-state index in [1.807, 2.05) is 0 Å². The van der Waals surface area contributed by atoms with E-state index in [1.165, 1.54) is 0 Å². The van der Waals surface area contributed by atoms with E-state index in [1.54, 1.807) is 0 Å². The second-order valence-electron chi connectivity index (χ2n) is 3.43. The van der Waals surface area contributed by atoms with Gasteiger partial charge in [0.2, 0.25) is 5.82 Å². The van der Waals surface area contributed by atoms with Crippen LogP contribution in [-0.4, -0.2) is 20.6 Å². The Hall–Kier alpha value is -1.45. The molecule has 1 aliphatic rings. The molecular weight excluding hydrogens is 176 g/mol. The first-order chi connectivity index (χ1) is 6.27. The standard InChI is InChI=1S/C9H12N4.CH4/c1-6-3-4-8(5-7(6)2)9-10-12-13-11-9;/h3-7H,1-2H3,(H,10,11,12,13);1H4. The summed E-state index contributed by atoms with van der Waals surface area (Å²) in [7, 11) is 0. The highest BCUT2D eigenvalue weighted by Gasteiger charge is 2.14. The summed E-state index contributed by atoms with van der Waals surface area (Å²) in [6.07, 6.45) is 6.40. The molecule has 0 amide bonds. The first-order valence-corrected chi connectivity index (χ1v) is 4.41. The van der Waals surface area contributed by atoms with Crippen molar-refractivity contribution < 1.29 is 0 Å². The van der Waals surface area contributed by atoms with E-state index in [2.05, 4.69) is 52.7 Å². The Balaban J connectivity index is 0.000000980. The predicted molar refractivity (Wildman–Crippen MR) is 56.4 cm³/mol. The number of aromatic amines is 1. The molecule has 1 aliphatic carbocycles. The molecule has 2 unspecified atom stereocenters. The van der Waals surface area contributed by atoms with E-state index in [0.29, 0.717) is 17.7 Å². The normalized spacial score (nSPS) is 25.4. The van der Waals surface area contributed by atoms with Gasteiger partial charge in [0.15, 0.2) is 0 Å². The Morgan fingerprint density at radius 2 is 2.07 bits per heavy atom. The van der Waals surface area contributed by atoms with Gasteiger partial charge in [-0.05, 0) is 17.0 Å². The predicted octanol–water partition coefficient (Wildman–Crippen LogP) is 2.06. The van der Waals surface area contributed by atoms with Crippen molar-refractivity contribution in [1.82, 2.24) is 20.6 Å². The minimum Gasteiger partial charge on any atom is -0.177 e. The quantitative estimate of drug-likeness (QED) is 0.741. The summed E-state index contributed by atoms with van der Waals surface area (Å²) in [6.45, 7) is 4.39. The summed E-state index contributed by atoms with van der Waals surface area (Å²) in [6, 6.07) is 0. The van der Waals surface area contributed by atoms with Crippen molar-refractivity contribution in [1.29, 1.82) is 0 Å². The maximum Gasteiger partial charge on any atom is 0.204 e. The van der Waals surface area contributed by atoms with Crippen LogP contribution in [0.15, 0.2) is 18.2 Å². The molecule has 1 N–H and O–H groups in total. The molecule has 0 saturated heterocycles. The van der Waals surface area contributed by atoms with E-state index in [9.17, 15) is 0 Å². The smallest absolute Gasteiger partial charge is 0.177 e. The van der Waals surface area contributed by atoms with Crippen LogP contribution in [0.2, 0.25) is 0 Å². The van der Waals surface area contributed by atoms with E-state index in [0.717, 1.165) is 5.57 Å². The maximum absolute atomic E-state index is 3.93. The van der Waals surface area contributed by atoms with Gasteiger partial charge in [0, 0.05) is 5.57 Å². The van der Waals surface area contributed by atoms with Crippen LogP contribution < -0.4 is 0 Å². The zero-order chi connectivity index (χ0) is 9.26. The second-order valence-corrected chi connectivity index (χ2v) is 3.43. The fourth-order valence-electron chi connectivity index (χ4n) is 1.35. The van der Waals surface area contributed by atoms with E-state index in [-0.39, 0.29) is 7.43 Å². The number of nitrogens with zero attached hydrogens (tertiary/aromatic N) is 3. The summed E-state index contributed by atoms with van der Waals surface area (Å²) >= 11 is 0. The zero-order valence-electron chi connectivity index (χ0n) is 7.73. The highest BCUT2D eigenvalue weighted by molar-refractivity contribution is 5.70. The first kappa shape index (κ1) is 10.6.